The maximum absolute atomic E-state index is 5.78. The van der Waals surface area contributed by atoms with Crippen molar-refractivity contribution < 1.29 is 4.74 Å². The average molecular weight is 277 g/mol. The first kappa shape index (κ1) is 16.2. The lowest BCUT2D eigenvalue weighted by molar-refractivity contribution is -0.0260. The molecule has 1 unspecified atom stereocenters. The second-order valence-electron chi connectivity index (χ2n) is 5.97. The van der Waals surface area contributed by atoms with E-state index in [0.717, 1.165) is 51.6 Å². The van der Waals surface area contributed by atoms with Gasteiger partial charge in [0.25, 0.3) is 0 Å². The van der Waals surface area contributed by atoms with E-state index in [1.165, 1.54) is 6.42 Å². The van der Waals surface area contributed by atoms with Crippen molar-refractivity contribution in [3.8, 4) is 0 Å². The predicted octanol–water partition coefficient (Wildman–Crippen LogP) is 2.34. The number of morpholine rings is 1. The summed E-state index contributed by atoms with van der Waals surface area (Å²) >= 11 is 5.75. The van der Waals surface area contributed by atoms with Gasteiger partial charge in [-0.3, -0.25) is 4.90 Å². The Morgan fingerprint density at radius 3 is 2.89 bits per heavy atom. The molecule has 0 aromatic heterocycles. The summed E-state index contributed by atoms with van der Waals surface area (Å²) in [5.41, 5.74) is 0.327. The number of rotatable bonds is 8. The molecule has 0 aromatic carbocycles. The lowest BCUT2D eigenvalue weighted by atomic mass is 9.88. The van der Waals surface area contributed by atoms with Gasteiger partial charge in [-0.15, -0.1) is 11.6 Å². The second-order valence-corrected chi connectivity index (χ2v) is 6.35. The van der Waals surface area contributed by atoms with Crippen LogP contribution in [0, 0.1) is 5.41 Å². The van der Waals surface area contributed by atoms with Gasteiger partial charge in [0.05, 0.1) is 12.7 Å². The third-order valence-corrected chi connectivity index (χ3v) is 3.90. The molecular formula is C14H29ClN2O. The highest BCUT2D eigenvalue weighted by Gasteiger charge is 2.21. The van der Waals surface area contributed by atoms with Crippen LogP contribution < -0.4 is 5.32 Å². The Labute approximate surface area is 117 Å². The first-order valence-corrected chi connectivity index (χ1v) is 7.71. The van der Waals surface area contributed by atoms with Crippen LogP contribution in [-0.2, 0) is 4.74 Å². The predicted molar refractivity (Wildman–Crippen MR) is 78.5 cm³/mol. The fourth-order valence-electron chi connectivity index (χ4n) is 2.40. The van der Waals surface area contributed by atoms with E-state index in [1.54, 1.807) is 0 Å². The molecule has 3 nitrogen and oxygen atoms in total. The third kappa shape index (κ3) is 6.37. The molecule has 1 atom stereocenters. The van der Waals surface area contributed by atoms with Crippen LogP contribution in [0.3, 0.4) is 0 Å². The summed E-state index contributed by atoms with van der Waals surface area (Å²) in [5, 5.41) is 3.55. The molecule has 0 spiro atoms. The zero-order valence-electron chi connectivity index (χ0n) is 12.2. The van der Waals surface area contributed by atoms with Crippen LogP contribution in [0.5, 0.6) is 0 Å². The summed E-state index contributed by atoms with van der Waals surface area (Å²) in [5.74, 6) is 0.765. The van der Waals surface area contributed by atoms with E-state index in [2.05, 4.69) is 31.0 Å². The van der Waals surface area contributed by atoms with Crippen molar-refractivity contribution in [1.29, 1.82) is 0 Å². The Morgan fingerprint density at radius 2 is 2.22 bits per heavy atom. The summed E-state index contributed by atoms with van der Waals surface area (Å²) in [7, 11) is 0. The molecule has 0 saturated carbocycles. The summed E-state index contributed by atoms with van der Waals surface area (Å²) in [6.07, 6.45) is 2.62. The van der Waals surface area contributed by atoms with E-state index in [9.17, 15) is 0 Å². The zero-order valence-corrected chi connectivity index (χ0v) is 12.9. The van der Waals surface area contributed by atoms with Gasteiger partial charge in [0.2, 0.25) is 0 Å². The van der Waals surface area contributed by atoms with Gasteiger partial charge in [0.15, 0.2) is 0 Å². The standard InChI is InChI=1S/C14H29ClN2O/c1-4-17-8-9-18-13(11-17)10-16-12-14(2,3)6-5-7-15/h13,16H,4-12H2,1-3H3. The number of nitrogens with zero attached hydrogens (tertiary/aromatic N) is 1. The number of hydrogen-bond acceptors (Lipinski definition) is 3. The van der Waals surface area contributed by atoms with Crippen LogP contribution in [0.2, 0.25) is 0 Å². The van der Waals surface area contributed by atoms with E-state index in [0.29, 0.717) is 11.5 Å². The fourth-order valence-corrected chi connectivity index (χ4v) is 2.53. The minimum atomic E-state index is 0.327. The molecule has 18 heavy (non-hydrogen) atoms. The minimum Gasteiger partial charge on any atom is -0.374 e. The quantitative estimate of drug-likeness (QED) is 0.689. The van der Waals surface area contributed by atoms with Crippen molar-refractivity contribution in [2.24, 2.45) is 5.41 Å². The van der Waals surface area contributed by atoms with E-state index in [-0.39, 0.29) is 0 Å². The highest BCUT2D eigenvalue weighted by atomic mass is 35.5. The Balaban J connectivity index is 2.16. The third-order valence-electron chi connectivity index (χ3n) is 3.63. The number of ether oxygens (including phenoxy) is 1. The van der Waals surface area contributed by atoms with E-state index < -0.39 is 0 Å². The average Bonchev–Trinajstić information content (AvgIpc) is 2.36. The van der Waals surface area contributed by atoms with Gasteiger partial charge in [-0.1, -0.05) is 20.8 Å². The van der Waals surface area contributed by atoms with Crippen molar-refractivity contribution in [3.05, 3.63) is 0 Å². The molecule has 108 valence electrons. The molecule has 4 heteroatoms. The number of likely N-dealkylation sites (N-methyl/N-ethyl adjacent to an activating group) is 1. The van der Waals surface area contributed by atoms with Gasteiger partial charge >= 0.3 is 0 Å². The molecule has 1 fully saturated rings. The lowest BCUT2D eigenvalue weighted by Crippen LogP contribution is -2.47. The zero-order chi connectivity index (χ0) is 13.4. The van der Waals surface area contributed by atoms with Crippen LogP contribution in [0.1, 0.15) is 33.6 Å². The molecule has 0 amide bonds. The van der Waals surface area contributed by atoms with E-state index in [1.807, 2.05) is 0 Å². The second kappa shape index (κ2) is 8.36. The molecule has 0 bridgehead atoms. The Kier molecular flexibility index (Phi) is 7.54. The number of hydrogen-bond donors (Lipinski definition) is 1. The van der Waals surface area contributed by atoms with Gasteiger partial charge in [-0.05, 0) is 24.8 Å². The molecular weight excluding hydrogens is 248 g/mol. The van der Waals surface area contributed by atoms with Gasteiger partial charge < -0.3 is 10.1 Å². The minimum absolute atomic E-state index is 0.327. The van der Waals surface area contributed by atoms with Crippen LogP contribution in [0.15, 0.2) is 0 Å². The maximum atomic E-state index is 5.78. The van der Waals surface area contributed by atoms with Crippen LogP contribution in [0.4, 0.5) is 0 Å². The van der Waals surface area contributed by atoms with Crippen LogP contribution in [0.25, 0.3) is 0 Å². The molecule has 1 saturated heterocycles. The van der Waals surface area contributed by atoms with Crippen molar-refractivity contribution in [1.82, 2.24) is 10.2 Å². The van der Waals surface area contributed by atoms with Crippen molar-refractivity contribution in [3.63, 3.8) is 0 Å². The Bertz CT molecular complexity index is 224. The topological polar surface area (TPSA) is 24.5 Å². The van der Waals surface area contributed by atoms with Crippen molar-refractivity contribution in [2.45, 2.75) is 39.7 Å². The molecule has 1 heterocycles. The molecule has 0 radical (unpaired) electrons. The van der Waals surface area contributed by atoms with Crippen LogP contribution >= 0.6 is 11.6 Å². The smallest absolute Gasteiger partial charge is 0.0826 e. The summed E-state index contributed by atoms with van der Waals surface area (Å²) < 4.78 is 5.78. The normalized spacial score (nSPS) is 22.3. The van der Waals surface area contributed by atoms with Crippen LogP contribution in [-0.4, -0.2) is 56.2 Å². The largest absolute Gasteiger partial charge is 0.374 e. The van der Waals surface area contributed by atoms with Gasteiger partial charge in [0, 0.05) is 32.1 Å². The summed E-state index contributed by atoms with van der Waals surface area (Å²) in [6, 6.07) is 0. The van der Waals surface area contributed by atoms with Crippen molar-refractivity contribution >= 4 is 11.6 Å². The highest BCUT2D eigenvalue weighted by Crippen LogP contribution is 2.21. The van der Waals surface area contributed by atoms with E-state index >= 15 is 0 Å². The SMILES string of the molecule is CCN1CCOC(CNCC(C)(C)CCCCl)C1. The molecule has 0 aliphatic carbocycles. The number of halogens is 1. The molecule has 1 rings (SSSR count). The first-order chi connectivity index (χ1) is 8.57. The van der Waals surface area contributed by atoms with E-state index in [4.69, 9.17) is 16.3 Å². The van der Waals surface area contributed by atoms with Gasteiger partial charge in [-0.25, -0.2) is 0 Å². The summed E-state index contributed by atoms with van der Waals surface area (Å²) in [6.45, 7) is 12.9. The van der Waals surface area contributed by atoms with Crippen molar-refractivity contribution in [2.75, 3.05) is 45.2 Å². The molecule has 1 N–H and O–H groups in total. The van der Waals surface area contributed by atoms with Gasteiger partial charge in [0.1, 0.15) is 0 Å². The molecule has 0 aromatic rings. The lowest BCUT2D eigenvalue weighted by Gasteiger charge is -2.33. The fraction of sp³-hybridized carbons (Fsp3) is 1.00. The van der Waals surface area contributed by atoms with Gasteiger partial charge in [-0.2, -0.15) is 0 Å². The molecule has 1 aliphatic rings. The summed E-state index contributed by atoms with van der Waals surface area (Å²) in [4.78, 5) is 2.45. The Hall–Kier alpha value is 0.170. The highest BCUT2D eigenvalue weighted by molar-refractivity contribution is 6.17. The monoisotopic (exact) mass is 276 g/mol. The maximum Gasteiger partial charge on any atom is 0.0826 e. The first-order valence-electron chi connectivity index (χ1n) is 7.18. The number of alkyl halides is 1. The number of nitrogens with one attached hydrogen (secondary N) is 1. The molecule has 1 aliphatic heterocycles. The Morgan fingerprint density at radius 1 is 1.44 bits per heavy atom.